The fourth-order valence-corrected chi connectivity index (χ4v) is 5.63. The van der Waals surface area contributed by atoms with Crippen LogP contribution < -0.4 is 9.64 Å². The second kappa shape index (κ2) is 11.6. The molecule has 0 saturated carbocycles. The van der Waals surface area contributed by atoms with Crippen molar-refractivity contribution in [3.8, 4) is 5.75 Å². The SMILES string of the molecule is COc1ccc(CN2C(=O)CCN(c3c4ccc(CN5CCN(C(=O)OC(C)(C)C)[C@@H](C)C5)cc4nn3C)C2=O)cc1. The third-order valence-electron chi connectivity index (χ3n) is 7.68. The maximum Gasteiger partial charge on any atom is 0.410 e. The highest BCUT2D eigenvalue weighted by Crippen LogP contribution is 2.31. The molecular formula is C31H40N6O5. The second-order valence-corrected chi connectivity index (χ2v) is 12.1. The van der Waals surface area contributed by atoms with E-state index >= 15 is 0 Å². The number of methoxy groups -OCH3 is 1. The average Bonchev–Trinajstić information content (AvgIpc) is 3.25. The van der Waals surface area contributed by atoms with E-state index in [0.29, 0.717) is 18.9 Å². The van der Waals surface area contributed by atoms with Crippen molar-refractivity contribution in [3.05, 3.63) is 53.6 Å². The van der Waals surface area contributed by atoms with Crippen LogP contribution in [0.2, 0.25) is 0 Å². The van der Waals surface area contributed by atoms with Crippen molar-refractivity contribution >= 4 is 34.8 Å². The number of urea groups is 1. The van der Waals surface area contributed by atoms with Gasteiger partial charge in [0.15, 0.2) is 0 Å². The number of imide groups is 1. The minimum atomic E-state index is -0.520. The first-order chi connectivity index (χ1) is 19.9. The minimum Gasteiger partial charge on any atom is -0.497 e. The Morgan fingerprint density at radius 3 is 2.38 bits per heavy atom. The first-order valence-electron chi connectivity index (χ1n) is 14.4. The van der Waals surface area contributed by atoms with Crippen LogP contribution in [0.5, 0.6) is 5.75 Å². The molecule has 224 valence electrons. The predicted octanol–water partition coefficient (Wildman–Crippen LogP) is 4.38. The Morgan fingerprint density at radius 1 is 1.00 bits per heavy atom. The van der Waals surface area contributed by atoms with E-state index in [1.54, 1.807) is 21.6 Å². The number of piperazine rings is 1. The Hall–Kier alpha value is -4.12. The number of benzene rings is 2. The van der Waals surface area contributed by atoms with Gasteiger partial charge in [0, 0.05) is 57.6 Å². The molecule has 0 N–H and O–H groups in total. The fraction of sp³-hybridized carbons (Fsp3) is 0.484. The molecule has 1 aromatic heterocycles. The Morgan fingerprint density at radius 2 is 1.71 bits per heavy atom. The number of carbonyl (C=O) groups excluding carboxylic acids is 3. The second-order valence-electron chi connectivity index (χ2n) is 12.1. The first-order valence-corrected chi connectivity index (χ1v) is 14.4. The molecular weight excluding hydrogens is 536 g/mol. The summed E-state index contributed by atoms with van der Waals surface area (Å²) in [6.07, 6.45) is -0.0336. The molecule has 2 fully saturated rings. The number of nitrogens with zero attached hydrogens (tertiary/aromatic N) is 6. The van der Waals surface area contributed by atoms with E-state index in [0.717, 1.165) is 47.4 Å². The third-order valence-corrected chi connectivity index (χ3v) is 7.68. The standard InChI is InChI=1S/C31H40N6O5/c1-21-18-34(15-16-35(21)30(40)42-31(2,3)4)19-23-9-12-25-26(17-23)32-33(5)28(25)36-14-13-27(38)37(29(36)39)20-22-7-10-24(41-6)11-8-22/h7-12,17,21H,13-16,18-20H2,1-6H3/t21-/m0/s1. The zero-order valence-electron chi connectivity index (χ0n) is 25.3. The van der Waals surface area contributed by atoms with Gasteiger partial charge in [-0.15, -0.1) is 0 Å². The average molecular weight is 577 g/mol. The van der Waals surface area contributed by atoms with Crippen LogP contribution in [-0.2, 0) is 29.7 Å². The van der Waals surface area contributed by atoms with Gasteiger partial charge in [0.25, 0.3) is 0 Å². The summed E-state index contributed by atoms with van der Waals surface area (Å²) in [6, 6.07) is 13.2. The van der Waals surface area contributed by atoms with Gasteiger partial charge in [-0.25, -0.2) is 9.59 Å². The topological polar surface area (TPSA) is 100 Å². The summed E-state index contributed by atoms with van der Waals surface area (Å²) in [5, 5.41) is 5.58. The normalized spacial score (nSPS) is 18.6. The highest BCUT2D eigenvalue weighted by Gasteiger charge is 2.35. The number of aryl methyl sites for hydroxylation is 1. The van der Waals surface area contributed by atoms with Crippen molar-refractivity contribution in [1.29, 1.82) is 0 Å². The molecule has 0 unspecified atom stereocenters. The number of ether oxygens (including phenoxy) is 2. The molecule has 2 aromatic carbocycles. The van der Waals surface area contributed by atoms with Crippen molar-refractivity contribution in [2.24, 2.45) is 7.05 Å². The van der Waals surface area contributed by atoms with Crippen LogP contribution in [0.1, 0.15) is 45.2 Å². The largest absolute Gasteiger partial charge is 0.497 e. The Balaban J connectivity index is 1.28. The van der Waals surface area contributed by atoms with E-state index in [-0.39, 0.29) is 37.0 Å². The summed E-state index contributed by atoms with van der Waals surface area (Å²) in [5.41, 5.74) is 2.22. The summed E-state index contributed by atoms with van der Waals surface area (Å²) in [7, 11) is 3.42. The molecule has 3 heterocycles. The highest BCUT2D eigenvalue weighted by molar-refractivity contribution is 6.08. The lowest BCUT2D eigenvalue weighted by Crippen LogP contribution is -2.54. The molecule has 2 aliphatic rings. The Kier molecular flexibility index (Phi) is 8.14. The van der Waals surface area contributed by atoms with Gasteiger partial charge in [-0.1, -0.05) is 18.2 Å². The summed E-state index contributed by atoms with van der Waals surface area (Å²) >= 11 is 0. The molecule has 0 aliphatic carbocycles. The van der Waals surface area contributed by atoms with Gasteiger partial charge in [-0.05, 0) is 63.1 Å². The van der Waals surface area contributed by atoms with Gasteiger partial charge < -0.3 is 14.4 Å². The fourth-order valence-electron chi connectivity index (χ4n) is 5.63. The van der Waals surface area contributed by atoms with E-state index in [1.165, 1.54) is 4.90 Å². The van der Waals surface area contributed by atoms with Crippen molar-refractivity contribution in [3.63, 3.8) is 0 Å². The van der Waals surface area contributed by atoms with Crippen molar-refractivity contribution in [1.82, 2.24) is 24.5 Å². The minimum absolute atomic E-state index is 0.0347. The Labute approximate surface area is 246 Å². The van der Waals surface area contributed by atoms with Gasteiger partial charge in [0.05, 0.1) is 19.2 Å². The van der Waals surface area contributed by atoms with Crippen LogP contribution in [0.25, 0.3) is 10.9 Å². The van der Waals surface area contributed by atoms with Gasteiger partial charge in [0.2, 0.25) is 5.91 Å². The molecule has 5 rings (SSSR count). The van der Waals surface area contributed by atoms with E-state index in [1.807, 2.05) is 65.1 Å². The zero-order chi connectivity index (χ0) is 30.2. The molecule has 11 heteroatoms. The first kappa shape index (κ1) is 29.4. The van der Waals surface area contributed by atoms with Crippen LogP contribution in [0, 0.1) is 0 Å². The number of aromatic nitrogens is 2. The van der Waals surface area contributed by atoms with Crippen LogP contribution >= 0.6 is 0 Å². The monoisotopic (exact) mass is 576 g/mol. The number of rotatable bonds is 6. The van der Waals surface area contributed by atoms with Crippen LogP contribution in [0.15, 0.2) is 42.5 Å². The summed E-state index contributed by atoms with van der Waals surface area (Å²) in [5.74, 6) is 1.20. The zero-order valence-corrected chi connectivity index (χ0v) is 25.3. The van der Waals surface area contributed by atoms with Gasteiger partial charge in [-0.2, -0.15) is 5.10 Å². The van der Waals surface area contributed by atoms with E-state index in [2.05, 4.69) is 17.0 Å². The van der Waals surface area contributed by atoms with Gasteiger partial charge >= 0.3 is 12.1 Å². The lowest BCUT2D eigenvalue weighted by atomic mass is 10.1. The Bertz CT molecular complexity index is 1480. The molecule has 3 aromatic rings. The van der Waals surface area contributed by atoms with E-state index in [9.17, 15) is 14.4 Å². The van der Waals surface area contributed by atoms with Crippen molar-refractivity contribution in [2.45, 2.75) is 58.8 Å². The van der Waals surface area contributed by atoms with Gasteiger partial charge in [-0.3, -0.25) is 24.2 Å². The lowest BCUT2D eigenvalue weighted by molar-refractivity contribution is -0.129. The summed E-state index contributed by atoms with van der Waals surface area (Å²) < 4.78 is 12.5. The molecule has 42 heavy (non-hydrogen) atoms. The number of fused-ring (bicyclic) bond motifs is 1. The lowest BCUT2D eigenvalue weighted by Gasteiger charge is -2.40. The van der Waals surface area contributed by atoms with Gasteiger partial charge in [0.1, 0.15) is 17.2 Å². The number of anilines is 1. The summed E-state index contributed by atoms with van der Waals surface area (Å²) in [6.45, 7) is 11.0. The number of hydrogen-bond acceptors (Lipinski definition) is 7. The quantitative estimate of drug-likeness (QED) is 0.429. The van der Waals surface area contributed by atoms with Crippen molar-refractivity contribution < 1.29 is 23.9 Å². The van der Waals surface area contributed by atoms with Crippen LogP contribution in [0.4, 0.5) is 15.4 Å². The van der Waals surface area contributed by atoms with Crippen molar-refractivity contribution in [2.75, 3.05) is 38.2 Å². The summed E-state index contributed by atoms with van der Waals surface area (Å²) in [4.78, 5) is 46.0. The molecule has 0 spiro atoms. The number of amides is 4. The molecule has 4 amide bonds. The number of carbonyl (C=O) groups is 3. The predicted molar refractivity (Wildman–Crippen MR) is 159 cm³/mol. The number of hydrogen-bond donors (Lipinski definition) is 0. The third kappa shape index (κ3) is 6.20. The van der Waals surface area contributed by atoms with E-state index in [4.69, 9.17) is 14.6 Å². The van der Waals surface area contributed by atoms with Crippen LogP contribution in [-0.4, -0.2) is 87.4 Å². The molecule has 1 atom stereocenters. The molecule has 11 nitrogen and oxygen atoms in total. The maximum atomic E-state index is 13.6. The van der Waals surface area contributed by atoms with E-state index < -0.39 is 5.60 Å². The maximum absolute atomic E-state index is 13.6. The molecule has 2 aliphatic heterocycles. The van der Waals surface area contributed by atoms with Crippen LogP contribution in [0.3, 0.4) is 0 Å². The molecule has 0 bridgehead atoms. The molecule has 0 radical (unpaired) electrons. The highest BCUT2D eigenvalue weighted by atomic mass is 16.6. The smallest absolute Gasteiger partial charge is 0.410 e. The molecule has 2 saturated heterocycles.